The summed E-state index contributed by atoms with van der Waals surface area (Å²) in [5.74, 6) is 0. The molecule has 1 aliphatic rings. The lowest BCUT2D eigenvalue weighted by Crippen LogP contribution is -2.29. The fourth-order valence-corrected chi connectivity index (χ4v) is 1.86. The fourth-order valence-electron chi connectivity index (χ4n) is 1.58. The Balaban J connectivity index is 2.02. The van der Waals surface area contributed by atoms with Crippen LogP contribution in [0.3, 0.4) is 0 Å². The largest absolute Gasteiger partial charge is 0.376 e. The summed E-state index contributed by atoms with van der Waals surface area (Å²) in [6.07, 6.45) is 4.38. The van der Waals surface area contributed by atoms with Gasteiger partial charge in [0.25, 0.3) is 0 Å². The van der Waals surface area contributed by atoms with E-state index in [4.69, 9.17) is 16.3 Å². The second-order valence-corrected chi connectivity index (χ2v) is 4.05. The van der Waals surface area contributed by atoms with Gasteiger partial charge in [-0.1, -0.05) is 6.08 Å². The number of halogens is 1. The average Bonchev–Trinajstić information content (AvgIpc) is 2.57. The molecule has 0 N–H and O–H groups in total. The van der Waals surface area contributed by atoms with Crippen LogP contribution >= 0.6 is 11.6 Å². The monoisotopic (exact) mass is 203 g/mol. The van der Waals surface area contributed by atoms with Gasteiger partial charge in [-0.2, -0.15) is 0 Å². The van der Waals surface area contributed by atoms with Crippen molar-refractivity contribution in [2.24, 2.45) is 0 Å². The molecule has 1 unspecified atom stereocenters. The smallest absolute Gasteiger partial charge is 0.0696 e. The Morgan fingerprint density at radius 3 is 2.77 bits per heavy atom. The van der Waals surface area contributed by atoms with Gasteiger partial charge < -0.3 is 9.64 Å². The maximum Gasteiger partial charge on any atom is 0.0696 e. The summed E-state index contributed by atoms with van der Waals surface area (Å²) in [5.41, 5.74) is 0. The van der Waals surface area contributed by atoms with Crippen molar-refractivity contribution in [2.45, 2.75) is 18.2 Å². The molecule has 0 aromatic heterocycles. The topological polar surface area (TPSA) is 12.5 Å². The third-order valence-electron chi connectivity index (χ3n) is 2.19. The van der Waals surface area contributed by atoms with Crippen LogP contribution in [0.2, 0.25) is 0 Å². The van der Waals surface area contributed by atoms with Crippen LogP contribution in [0.5, 0.6) is 0 Å². The predicted octanol–water partition coefficient (Wildman–Crippen LogP) is 1.89. The maximum atomic E-state index is 6.10. The van der Waals surface area contributed by atoms with Crippen LogP contribution < -0.4 is 0 Å². The molecule has 76 valence electrons. The molecule has 1 fully saturated rings. The van der Waals surface area contributed by atoms with Gasteiger partial charge in [-0.05, 0) is 25.9 Å². The van der Waals surface area contributed by atoms with Gasteiger partial charge >= 0.3 is 0 Å². The van der Waals surface area contributed by atoms with Gasteiger partial charge in [-0.25, -0.2) is 0 Å². The first kappa shape index (κ1) is 11.0. The average molecular weight is 204 g/mol. The molecule has 3 heteroatoms. The first-order chi connectivity index (χ1) is 6.33. The minimum Gasteiger partial charge on any atom is -0.376 e. The zero-order valence-corrected chi connectivity index (χ0v) is 8.80. The molecular formula is C10H18ClNO. The molecule has 0 aliphatic carbocycles. The first-order valence-corrected chi connectivity index (χ1v) is 5.31. The molecule has 13 heavy (non-hydrogen) atoms. The van der Waals surface area contributed by atoms with Gasteiger partial charge in [-0.15, -0.1) is 18.2 Å². The molecule has 0 radical (unpaired) electrons. The zero-order valence-electron chi connectivity index (χ0n) is 8.04. The number of rotatable bonds is 6. The minimum atomic E-state index is 0.123. The summed E-state index contributed by atoms with van der Waals surface area (Å²) in [6.45, 7) is 8.17. The molecule has 0 bridgehead atoms. The molecule has 0 aromatic rings. The zero-order chi connectivity index (χ0) is 9.52. The number of likely N-dealkylation sites (tertiary alicyclic amines) is 1. The van der Waals surface area contributed by atoms with Crippen LogP contribution in [0.4, 0.5) is 0 Å². The van der Waals surface area contributed by atoms with Crippen molar-refractivity contribution in [2.75, 3.05) is 32.8 Å². The Bertz CT molecular complexity index is 146. The number of hydrogen-bond donors (Lipinski definition) is 0. The van der Waals surface area contributed by atoms with E-state index in [1.807, 2.05) is 0 Å². The van der Waals surface area contributed by atoms with Crippen molar-refractivity contribution < 1.29 is 4.74 Å². The standard InChI is InChI=1S/C10H18ClNO/c1-2-7-13-9-10(11)8-12-5-3-4-6-12/h2,10H,1,3-9H2. The SMILES string of the molecule is C=CCOCC(Cl)CN1CCCC1. The van der Waals surface area contributed by atoms with Gasteiger partial charge in [0.2, 0.25) is 0 Å². The highest BCUT2D eigenvalue weighted by Gasteiger charge is 2.15. The van der Waals surface area contributed by atoms with Crippen LogP contribution in [0.25, 0.3) is 0 Å². The van der Waals surface area contributed by atoms with E-state index in [-0.39, 0.29) is 5.38 Å². The van der Waals surface area contributed by atoms with Crippen LogP contribution in [0.1, 0.15) is 12.8 Å². The fraction of sp³-hybridized carbons (Fsp3) is 0.800. The van der Waals surface area contributed by atoms with E-state index in [0.717, 1.165) is 6.54 Å². The minimum absolute atomic E-state index is 0.123. The molecule has 0 saturated carbocycles. The number of ether oxygens (including phenoxy) is 1. The van der Waals surface area contributed by atoms with Crippen LogP contribution in [0, 0.1) is 0 Å². The van der Waals surface area contributed by atoms with Crippen molar-refractivity contribution >= 4 is 11.6 Å². The van der Waals surface area contributed by atoms with Gasteiger partial charge in [0.15, 0.2) is 0 Å². The third-order valence-corrected chi connectivity index (χ3v) is 2.45. The number of hydrogen-bond acceptors (Lipinski definition) is 2. The lowest BCUT2D eigenvalue weighted by molar-refractivity contribution is 0.151. The van der Waals surface area contributed by atoms with Crippen molar-refractivity contribution in [3.8, 4) is 0 Å². The van der Waals surface area contributed by atoms with Gasteiger partial charge in [0.05, 0.1) is 18.6 Å². The van der Waals surface area contributed by atoms with E-state index in [9.17, 15) is 0 Å². The summed E-state index contributed by atoms with van der Waals surface area (Å²) < 4.78 is 5.28. The molecule has 1 rings (SSSR count). The molecule has 1 aliphatic heterocycles. The highest BCUT2D eigenvalue weighted by atomic mass is 35.5. The first-order valence-electron chi connectivity index (χ1n) is 4.88. The molecule has 1 atom stereocenters. The van der Waals surface area contributed by atoms with Crippen molar-refractivity contribution in [3.05, 3.63) is 12.7 Å². The molecule has 2 nitrogen and oxygen atoms in total. The third kappa shape index (κ3) is 4.65. The van der Waals surface area contributed by atoms with E-state index in [1.54, 1.807) is 6.08 Å². The summed E-state index contributed by atoms with van der Waals surface area (Å²) in [4.78, 5) is 2.40. The quantitative estimate of drug-likeness (QED) is 0.372. The molecule has 1 saturated heterocycles. The molecule has 0 spiro atoms. The second-order valence-electron chi connectivity index (χ2n) is 3.43. The maximum absolute atomic E-state index is 6.10. The highest BCUT2D eigenvalue weighted by Crippen LogP contribution is 2.10. The predicted molar refractivity (Wildman–Crippen MR) is 56.3 cm³/mol. The van der Waals surface area contributed by atoms with E-state index in [0.29, 0.717) is 13.2 Å². The Morgan fingerprint density at radius 2 is 2.15 bits per heavy atom. The summed E-state index contributed by atoms with van der Waals surface area (Å²) in [5, 5.41) is 0.123. The van der Waals surface area contributed by atoms with Crippen LogP contribution in [-0.2, 0) is 4.74 Å². The van der Waals surface area contributed by atoms with Crippen LogP contribution in [-0.4, -0.2) is 43.1 Å². The second kappa shape index (κ2) is 6.41. The lowest BCUT2D eigenvalue weighted by atomic mass is 10.4. The molecule has 0 aromatic carbocycles. The molecule has 0 amide bonds. The normalized spacial score (nSPS) is 20.4. The summed E-state index contributed by atoms with van der Waals surface area (Å²) >= 11 is 6.10. The van der Waals surface area contributed by atoms with E-state index >= 15 is 0 Å². The molecule has 1 heterocycles. The van der Waals surface area contributed by atoms with Crippen molar-refractivity contribution in [3.63, 3.8) is 0 Å². The van der Waals surface area contributed by atoms with Crippen molar-refractivity contribution in [1.29, 1.82) is 0 Å². The summed E-state index contributed by atoms with van der Waals surface area (Å²) in [7, 11) is 0. The van der Waals surface area contributed by atoms with Crippen molar-refractivity contribution in [1.82, 2.24) is 4.90 Å². The Kier molecular flexibility index (Phi) is 5.44. The van der Waals surface area contributed by atoms with Crippen LogP contribution in [0.15, 0.2) is 12.7 Å². The molecular weight excluding hydrogens is 186 g/mol. The van der Waals surface area contributed by atoms with E-state index in [2.05, 4.69) is 11.5 Å². The number of alkyl halides is 1. The van der Waals surface area contributed by atoms with Gasteiger partial charge in [0, 0.05) is 6.54 Å². The van der Waals surface area contributed by atoms with E-state index < -0.39 is 0 Å². The Morgan fingerprint density at radius 1 is 1.46 bits per heavy atom. The Hall–Kier alpha value is -0.0500. The highest BCUT2D eigenvalue weighted by molar-refractivity contribution is 6.20. The van der Waals surface area contributed by atoms with Gasteiger partial charge in [0.1, 0.15) is 0 Å². The number of nitrogens with zero attached hydrogens (tertiary/aromatic N) is 1. The van der Waals surface area contributed by atoms with E-state index in [1.165, 1.54) is 25.9 Å². The Labute approximate surface area is 85.5 Å². The summed E-state index contributed by atoms with van der Waals surface area (Å²) in [6, 6.07) is 0. The lowest BCUT2D eigenvalue weighted by Gasteiger charge is -2.18. The van der Waals surface area contributed by atoms with Gasteiger partial charge in [-0.3, -0.25) is 0 Å².